The normalized spacial score (nSPS) is 14.2. The number of nitrogens with one attached hydrogen (secondary N) is 2. The highest BCUT2D eigenvalue weighted by atomic mass is 35.5. The third-order valence-corrected chi connectivity index (χ3v) is 4.95. The topological polar surface area (TPSA) is 137 Å². The molecule has 0 aliphatic carbocycles. The van der Waals surface area contributed by atoms with Gasteiger partial charge in [-0.05, 0) is 49.1 Å². The van der Waals surface area contributed by atoms with E-state index in [4.69, 9.17) is 10.4 Å². The van der Waals surface area contributed by atoms with E-state index in [0.717, 1.165) is 25.9 Å². The van der Waals surface area contributed by atoms with Crippen molar-refractivity contribution in [2.45, 2.75) is 26.3 Å². The van der Waals surface area contributed by atoms with Crippen molar-refractivity contribution in [2.24, 2.45) is 5.92 Å². The number of nitrogens with two attached hydrogens (primary N) is 1. The molecule has 3 aromatic heterocycles. The smallest absolute Gasteiger partial charge is 0.255 e. The standard InChI is InChI=1S/C17H22N8O2.2ClH/c1-2-25-14-11(17(26)21-7-10-3-5-19-6-4-10)8-20-9-12(14)22-16(25)13-15(18)24-27-23-13;;/h8-10,19H,2-7H2,1H3,(H2,18,24)(H,21,26);2*1H. The van der Waals surface area contributed by atoms with Crippen LogP contribution in [0.1, 0.15) is 30.1 Å². The highest BCUT2D eigenvalue weighted by molar-refractivity contribution is 6.05. The molecule has 0 unspecified atom stereocenters. The van der Waals surface area contributed by atoms with Crippen LogP contribution in [0.2, 0.25) is 0 Å². The number of carbonyl (C=O) groups is 1. The van der Waals surface area contributed by atoms with Crippen molar-refractivity contribution in [3.63, 3.8) is 0 Å². The molecule has 0 saturated carbocycles. The maximum atomic E-state index is 12.9. The summed E-state index contributed by atoms with van der Waals surface area (Å²) in [7, 11) is 0. The number of nitrogens with zero attached hydrogens (tertiary/aromatic N) is 5. The molecule has 0 aromatic carbocycles. The Morgan fingerprint density at radius 1 is 1.31 bits per heavy atom. The van der Waals surface area contributed by atoms with Gasteiger partial charge in [-0.3, -0.25) is 9.78 Å². The highest BCUT2D eigenvalue weighted by Gasteiger charge is 2.23. The molecule has 0 bridgehead atoms. The summed E-state index contributed by atoms with van der Waals surface area (Å²) in [5.41, 5.74) is 7.97. The van der Waals surface area contributed by atoms with Gasteiger partial charge in [-0.15, -0.1) is 24.8 Å². The number of aryl methyl sites for hydroxylation is 1. The first kappa shape index (κ1) is 22.9. The van der Waals surface area contributed by atoms with Crippen LogP contribution >= 0.6 is 24.8 Å². The van der Waals surface area contributed by atoms with Crippen LogP contribution in [-0.4, -0.2) is 50.4 Å². The third-order valence-electron chi connectivity index (χ3n) is 4.95. The van der Waals surface area contributed by atoms with E-state index in [1.165, 1.54) is 0 Å². The van der Waals surface area contributed by atoms with Crippen molar-refractivity contribution in [3.8, 4) is 11.5 Å². The Balaban J connectivity index is 0.00000150. The van der Waals surface area contributed by atoms with E-state index >= 15 is 0 Å². The Kier molecular flexibility index (Phi) is 7.77. The fourth-order valence-corrected chi connectivity index (χ4v) is 3.51. The predicted octanol–water partition coefficient (Wildman–Crippen LogP) is 1.66. The molecular formula is C17H24Cl2N8O2. The molecule has 4 rings (SSSR count). The molecule has 29 heavy (non-hydrogen) atoms. The lowest BCUT2D eigenvalue weighted by molar-refractivity contribution is 0.0945. The number of hydrogen-bond acceptors (Lipinski definition) is 8. The van der Waals surface area contributed by atoms with Gasteiger partial charge in [0.25, 0.3) is 5.91 Å². The zero-order valence-electron chi connectivity index (χ0n) is 15.9. The number of pyridine rings is 1. The largest absolute Gasteiger partial charge is 0.379 e. The van der Waals surface area contributed by atoms with E-state index in [1.54, 1.807) is 12.4 Å². The summed E-state index contributed by atoms with van der Waals surface area (Å²) in [6.45, 7) is 5.19. The number of aromatic nitrogens is 5. The lowest BCUT2D eigenvalue weighted by atomic mass is 9.98. The Morgan fingerprint density at radius 2 is 2.07 bits per heavy atom. The maximum Gasteiger partial charge on any atom is 0.255 e. The molecule has 12 heteroatoms. The molecule has 10 nitrogen and oxygen atoms in total. The number of imidazole rings is 1. The van der Waals surface area contributed by atoms with Gasteiger partial charge in [0, 0.05) is 19.3 Å². The van der Waals surface area contributed by atoms with Crippen LogP contribution in [0.4, 0.5) is 5.82 Å². The molecule has 3 aromatic rings. The van der Waals surface area contributed by atoms with Crippen molar-refractivity contribution < 1.29 is 9.42 Å². The van der Waals surface area contributed by atoms with Crippen molar-refractivity contribution in [1.82, 2.24) is 35.5 Å². The number of carbonyl (C=O) groups excluding carboxylic acids is 1. The molecule has 0 radical (unpaired) electrons. The quantitative estimate of drug-likeness (QED) is 0.542. The minimum absolute atomic E-state index is 0. The summed E-state index contributed by atoms with van der Waals surface area (Å²) in [5, 5.41) is 13.8. The molecule has 1 saturated heterocycles. The zero-order chi connectivity index (χ0) is 18.8. The third kappa shape index (κ3) is 4.44. The summed E-state index contributed by atoms with van der Waals surface area (Å²) in [6, 6.07) is 0. The fourth-order valence-electron chi connectivity index (χ4n) is 3.51. The van der Waals surface area contributed by atoms with Crippen molar-refractivity contribution in [1.29, 1.82) is 0 Å². The van der Waals surface area contributed by atoms with Crippen LogP contribution in [0.3, 0.4) is 0 Å². The monoisotopic (exact) mass is 442 g/mol. The van der Waals surface area contributed by atoms with E-state index in [9.17, 15) is 4.79 Å². The molecule has 0 atom stereocenters. The molecule has 158 valence electrons. The number of piperidine rings is 1. The van der Waals surface area contributed by atoms with Gasteiger partial charge in [0.2, 0.25) is 0 Å². The second-order valence-corrected chi connectivity index (χ2v) is 6.64. The van der Waals surface area contributed by atoms with Crippen LogP contribution in [-0.2, 0) is 6.54 Å². The lowest BCUT2D eigenvalue weighted by Gasteiger charge is -2.22. The Morgan fingerprint density at radius 3 is 2.72 bits per heavy atom. The van der Waals surface area contributed by atoms with Crippen LogP contribution in [0.15, 0.2) is 17.0 Å². The number of amides is 1. The van der Waals surface area contributed by atoms with Gasteiger partial charge in [0.05, 0.1) is 17.3 Å². The van der Waals surface area contributed by atoms with Gasteiger partial charge in [0.1, 0.15) is 5.52 Å². The number of anilines is 1. The average molecular weight is 443 g/mol. The van der Waals surface area contributed by atoms with Crippen LogP contribution in [0.5, 0.6) is 0 Å². The van der Waals surface area contributed by atoms with Crippen molar-refractivity contribution in [3.05, 3.63) is 18.0 Å². The summed E-state index contributed by atoms with van der Waals surface area (Å²) in [6.07, 6.45) is 5.33. The predicted molar refractivity (Wildman–Crippen MR) is 113 cm³/mol. The summed E-state index contributed by atoms with van der Waals surface area (Å²) in [5.74, 6) is 1.01. The SMILES string of the molecule is CCn1c(-c2nonc2N)nc2cncc(C(=O)NCC3CCNCC3)c21.Cl.Cl. The van der Waals surface area contributed by atoms with E-state index < -0.39 is 0 Å². The van der Waals surface area contributed by atoms with Crippen molar-refractivity contribution >= 4 is 47.6 Å². The molecule has 1 aliphatic rings. The summed E-state index contributed by atoms with van der Waals surface area (Å²) in [4.78, 5) is 21.6. The van der Waals surface area contributed by atoms with E-state index in [2.05, 4.69) is 30.9 Å². The molecule has 1 amide bonds. The average Bonchev–Trinajstić information content (AvgIpc) is 3.29. The van der Waals surface area contributed by atoms with Crippen molar-refractivity contribution in [2.75, 3.05) is 25.4 Å². The highest BCUT2D eigenvalue weighted by Crippen LogP contribution is 2.28. The molecule has 4 N–H and O–H groups in total. The Hall–Kier alpha value is -2.43. The minimum Gasteiger partial charge on any atom is -0.379 e. The van der Waals surface area contributed by atoms with E-state index in [-0.39, 0.29) is 36.5 Å². The molecule has 4 heterocycles. The molecular weight excluding hydrogens is 419 g/mol. The maximum absolute atomic E-state index is 12.9. The summed E-state index contributed by atoms with van der Waals surface area (Å²) < 4.78 is 6.58. The first-order valence-corrected chi connectivity index (χ1v) is 9.10. The number of hydrogen-bond donors (Lipinski definition) is 3. The second kappa shape index (κ2) is 9.86. The van der Waals surface area contributed by atoms with Gasteiger partial charge < -0.3 is 20.9 Å². The van der Waals surface area contributed by atoms with Gasteiger partial charge in [0.15, 0.2) is 17.3 Å². The molecule has 1 aliphatic heterocycles. The fraction of sp³-hybridized carbons (Fsp3) is 0.471. The number of nitrogen functional groups attached to an aromatic ring is 1. The first-order chi connectivity index (χ1) is 13.2. The zero-order valence-corrected chi connectivity index (χ0v) is 17.6. The minimum atomic E-state index is -0.154. The number of rotatable bonds is 5. The van der Waals surface area contributed by atoms with Crippen LogP contribution in [0, 0.1) is 5.92 Å². The van der Waals surface area contributed by atoms with E-state index in [0.29, 0.717) is 47.1 Å². The summed E-state index contributed by atoms with van der Waals surface area (Å²) >= 11 is 0. The van der Waals surface area contributed by atoms with Gasteiger partial charge in [-0.25, -0.2) is 9.61 Å². The van der Waals surface area contributed by atoms with Crippen LogP contribution < -0.4 is 16.4 Å². The first-order valence-electron chi connectivity index (χ1n) is 9.10. The number of fused-ring (bicyclic) bond motifs is 1. The second-order valence-electron chi connectivity index (χ2n) is 6.64. The van der Waals surface area contributed by atoms with Gasteiger partial charge in [-0.1, -0.05) is 0 Å². The van der Waals surface area contributed by atoms with Gasteiger partial charge >= 0.3 is 0 Å². The molecule has 1 fully saturated rings. The van der Waals surface area contributed by atoms with E-state index in [1.807, 2.05) is 11.5 Å². The molecule has 0 spiro atoms. The Labute approximate surface area is 179 Å². The number of halogens is 2. The van der Waals surface area contributed by atoms with Gasteiger partial charge in [-0.2, -0.15) is 0 Å². The lowest BCUT2D eigenvalue weighted by Crippen LogP contribution is -2.36. The van der Waals surface area contributed by atoms with Crippen LogP contribution in [0.25, 0.3) is 22.6 Å². The Bertz CT molecular complexity index is 968.